The Morgan fingerprint density at radius 2 is 1.95 bits per heavy atom. The summed E-state index contributed by atoms with van der Waals surface area (Å²) in [5.41, 5.74) is 1.62. The lowest BCUT2D eigenvalue weighted by Gasteiger charge is -2.27. The molecule has 0 bridgehead atoms. The molecule has 5 nitrogen and oxygen atoms in total. The summed E-state index contributed by atoms with van der Waals surface area (Å²) in [6, 6.07) is 4.70. The summed E-state index contributed by atoms with van der Waals surface area (Å²) in [4.78, 5) is 0.216. The Balaban J connectivity index is 3.22. The summed E-state index contributed by atoms with van der Waals surface area (Å²) in [7, 11) is -2.04. The van der Waals surface area contributed by atoms with E-state index in [1.807, 2.05) is 13.8 Å². The highest BCUT2D eigenvalue weighted by atomic mass is 32.2. The molecular formula is C15H25NO4S. The Morgan fingerprint density at radius 3 is 2.43 bits per heavy atom. The lowest BCUT2D eigenvalue weighted by molar-refractivity contribution is 0.142. The van der Waals surface area contributed by atoms with Crippen molar-refractivity contribution in [1.29, 1.82) is 0 Å². The molecule has 1 aromatic carbocycles. The molecule has 0 saturated carbocycles. The third kappa shape index (κ3) is 4.03. The van der Waals surface area contributed by atoms with Gasteiger partial charge in [-0.15, -0.1) is 0 Å². The molecule has 0 spiro atoms. The number of methoxy groups -OCH3 is 1. The number of ether oxygens (including phenoxy) is 1. The number of hydrogen-bond donors (Lipinski definition) is 1. The maximum atomic E-state index is 12.7. The minimum atomic E-state index is -3.59. The molecule has 6 heteroatoms. The Hall–Kier alpha value is -0.950. The molecule has 0 radical (unpaired) electrons. The largest absolute Gasteiger partial charge is 0.392 e. The number of likely N-dealkylation sites (N-methyl/N-ethyl adjacent to an activating group) is 1. The molecule has 1 N–H and O–H groups in total. The van der Waals surface area contributed by atoms with Crippen LogP contribution in [0.3, 0.4) is 0 Å². The molecule has 0 aliphatic carbocycles. The fraction of sp³-hybridized carbons (Fsp3) is 0.600. The summed E-state index contributed by atoms with van der Waals surface area (Å²) < 4.78 is 31.9. The van der Waals surface area contributed by atoms with Gasteiger partial charge in [-0.05, 0) is 36.6 Å². The maximum Gasteiger partial charge on any atom is 0.243 e. The molecule has 0 saturated heterocycles. The molecule has 120 valence electrons. The first-order chi connectivity index (χ1) is 9.92. The highest BCUT2D eigenvalue weighted by Gasteiger charge is 2.28. The minimum Gasteiger partial charge on any atom is -0.392 e. The van der Waals surface area contributed by atoms with Crippen LogP contribution in [0, 0.1) is 0 Å². The van der Waals surface area contributed by atoms with Crippen LogP contribution >= 0.6 is 0 Å². The molecule has 21 heavy (non-hydrogen) atoms. The number of aliphatic hydroxyl groups is 1. The predicted octanol–water partition coefficient (Wildman–Crippen LogP) is 1.79. The van der Waals surface area contributed by atoms with Crippen LogP contribution in [0.2, 0.25) is 0 Å². The zero-order chi connectivity index (χ0) is 16.0. The van der Waals surface area contributed by atoms with Crippen molar-refractivity contribution in [1.82, 2.24) is 4.31 Å². The SMILES string of the molecule is CCc1ccc(S(=O)(=O)N(CC)C(C)COC)cc1CO. The molecule has 0 amide bonds. The van der Waals surface area contributed by atoms with Gasteiger partial charge in [0.2, 0.25) is 10.0 Å². The van der Waals surface area contributed by atoms with Crippen LogP contribution in [0.5, 0.6) is 0 Å². The number of aryl methyl sites for hydroxylation is 1. The highest BCUT2D eigenvalue weighted by Crippen LogP contribution is 2.22. The van der Waals surface area contributed by atoms with Gasteiger partial charge in [0.25, 0.3) is 0 Å². The van der Waals surface area contributed by atoms with E-state index in [2.05, 4.69) is 0 Å². The van der Waals surface area contributed by atoms with Crippen LogP contribution in [0.4, 0.5) is 0 Å². The third-order valence-corrected chi connectivity index (χ3v) is 5.63. The maximum absolute atomic E-state index is 12.7. The lowest BCUT2D eigenvalue weighted by atomic mass is 10.1. The zero-order valence-corrected chi connectivity index (χ0v) is 14.0. The van der Waals surface area contributed by atoms with E-state index < -0.39 is 10.0 Å². The molecular weight excluding hydrogens is 290 g/mol. The summed E-state index contributed by atoms with van der Waals surface area (Å²) in [6.45, 7) is 6.15. The van der Waals surface area contributed by atoms with E-state index in [0.29, 0.717) is 18.7 Å². The van der Waals surface area contributed by atoms with Crippen LogP contribution in [0.15, 0.2) is 23.1 Å². The average molecular weight is 315 g/mol. The van der Waals surface area contributed by atoms with E-state index in [0.717, 1.165) is 12.0 Å². The Bertz CT molecular complexity index is 557. The standard InChI is InChI=1S/C15H25NO4S/c1-5-13-7-8-15(9-14(13)10-17)21(18,19)16(6-2)12(3)11-20-4/h7-9,12,17H,5-6,10-11H2,1-4H3. The summed E-state index contributed by atoms with van der Waals surface area (Å²) in [6.07, 6.45) is 0.758. The van der Waals surface area contributed by atoms with Gasteiger partial charge in [0.05, 0.1) is 18.1 Å². The zero-order valence-electron chi connectivity index (χ0n) is 13.2. The Morgan fingerprint density at radius 1 is 1.29 bits per heavy atom. The predicted molar refractivity (Wildman–Crippen MR) is 82.6 cm³/mol. The molecule has 0 aliphatic heterocycles. The van der Waals surface area contributed by atoms with Gasteiger partial charge in [0.15, 0.2) is 0 Å². The molecule has 1 atom stereocenters. The fourth-order valence-electron chi connectivity index (χ4n) is 2.43. The first-order valence-electron chi connectivity index (χ1n) is 7.15. The second-order valence-electron chi connectivity index (χ2n) is 4.95. The minimum absolute atomic E-state index is 0.160. The van der Waals surface area contributed by atoms with Gasteiger partial charge < -0.3 is 9.84 Å². The van der Waals surface area contributed by atoms with Crippen LogP contribution in [0.25, 0.3) is 0 Å². The van der Waals surface area contributed by atoms with Gasteiger partial charge in [-0.1, -0.05) is 19.9 Å². The van der Waals surface area contributed by atoms with Gasteiger partial charge in [-0.25, -0.2) is 8.42 Å². The van der Waals surface area contributed by atoms with Crippen molar-refractivity contribution in [2.75, 3.05) is 20.3 Å². The van der Waals surface area contributed by atoms with Crippen molar-refractivity contribution in [3.63, 3.8) is 0 Å². The third-order valence-electron chi connectivity index (χ3n) is 3.55. The van der Waals surface area contributed by atoms with Crippen molar-refractivity contribution in [2.24, 2.45) is 0 Å². The summed E-state index contributed by atoms with van der Waals surface area (Å²) in [5, 5.41) is 9.40. The number of benzene rings is 1. The molecule has 0 aliphatic rings. The van der Waals surface area contributed by atoms with E-state index in [1.165, 1.54) is 4.31 Å². The summed E-state index contributed by atoms with van der Waals surface area (Å²) in [5.74, 6) is 0. The summed E-state index contributed by atoms with van der Waals surface area (Å²) >= 11 is 0. The highest BCUT2D eigenvalue weighted by molar-refractivity contribution is 7.89. The van der Waals surface area contributed by atoms with Crippen LogP contribution in [-0.2, 0) is 27.8 Å². The van der Waals surface area contributed by atoms with E-state index in [4.69, 9.17) is 4.74 Å². The molecule has 1 unspecified atom stereocenters. The molecule has 0 aromatic heterocycles. The van der Waals surface area contributed by atoms with Gasteiger partial charge in [-0.2, -0.15) is 4.31 Å². The topological polar surface area (TPSA) is 66.8 Å². The smallest absolute Gasteiger partial charge is 0.243 e. The van der Waals surface area contributed by atoms with E-state index in [9.17, 15) is 13.5 Å². The van der Waals surface area contributed by atoms with Crippen molar-refractivity contribution >= 4 is 10.0 Å². The van der Waals surface area contributed by atoms with Gasteiger partial charge in [-0.3, -0.25) is 0 Å². The lowest BCUT2D eigenvalue weighted by Crippen LogP contribution is -2.40. The number of nitrogens with zero attached hydrogens (tertiary/aromatic N) is 1. The van der Waals surface area contributed by atoms with E-state index in [-0.39, 0.29) is 17.5 Å². The van der Waals surface area contributed by atoms with Crippen LogP contribution in [0.1, 0.15) is 31.9 Å². The fourth-order valence-corrected chi connectivity index (χ4v) is 4.11. The van der Waals surface area contributed by atoms with E-state index >= 15 is 0 Å². The van der Waals surface area contributed by atoms with Crippen LogP contribution < -0.4 is 0 Å². The first kappa shape index (κ1) is 18.1. The van der Waals surface area contributed by atoms with Gasteiger partial charge in [0.1, 0.15) is 0 Å². The Kier molecular flexibility index (Phi) is 6.80. The van der Waals surface area contributed by atoms with Crippen LogP contribution in [-0.4, -0.2) is 44.1 Å². The quantitative estimate of drug-likeness (QED) is 0.794. The molecule has 1 aromatic rings. The first-order valence-corrected chi connectivity index (χ1v) is 8.59. The monoisotopic (exact) mass is 315 g/mol. The van der Waals surface area contributed by atoms with Crippen molar-refractivity contribution in [3.8, 4) is 0 Å². The van der Waals surface area contributed by atoms with E-state index in [1.54, 1.807) is 32.2 Å². The normalized spacial score (nSPS) is 13.6. The molecule has 0 heterocycles. The van der Waals surface area contributed by atoms with Crippen molar-refractivity contribution in [3.05, 3.63) is 29.3 Å². The molecule has 0 fully saturated rings. The number of aliphatic hydroxyl groups excluding tert-OH is 1. The second-order valence-corrected chi connectivity index (χ2v) is 6.85. The number of hydrogen-bond acceptors (Lipinski definition) is 4. The average Bonchev–Trinajstić information content (AvgIpc) is 2.47. The second kappa shape index (κ2) is 7.89. The Labute approximate surface area is 127 Å². The van der Waals surface area contributed by atoms with Crippen molar-refractivity contribution < 1.29 is 18.3 Å². The van der Waals surface area contributed by atoms with Gasteiger partial charge >= 0.3 is 0 Å². The van der Waals surface area contributed by atoms with Gasteiger partial charge in [0, 0.05) is 19.7 Å². The number of sulfonamides is 1. The van der Waals surface area contributed by atoms with Crippen molar-refractivity contribution in [2.45, 2.75) is 44.7 Å². The number of rotatable bonds is 8. The molecule has 1 rings (SSSR count).